The first-order valence-corrected chi connectivity index (χ1v) is 9.90. The average molecular weight is 421 g/mol. The van der Waals surface area contributed by atoms with E-state index in [-0.39, 0.29) is 25.9 Å². The first kappa shape index (κ1) is 21.3. The summed E-state index contributed by atoms with van der Waals surface area (Å²) in [6.45, 7) is 1.95. The average Bonchev–Trinajstić information content (AvgIpc) is 2.66. The number of hydrogen-bond acceptors (Lipinski definition) is 2. The Hall–Kier alpha value is -2.40. The molecule has 0 saturated heterocycles. The Morgan fingerprint density at radius 2 is 1.93 bits per heavy atom. The molecule has 0 saturated carbocycles. The highest BCUT2D eigenvalue weighted by molar-refractivity contribution is 6.30. The SMILES string of the molecule is Cc1cc(CCC(=O)O)ccc1OCC1=C(c2ccc(Cl)cc2)CCC(F)(F)C1. The zero-order chi connectivity index (χ0) is 21.0. The molecule has 0 heterocycles. The lowest BCUT2D eigenvalue weighted by Gasteiger charge is -2.28. The molecule has 2 aromatic rings. The van der Waals surface area contributed by atoms with E-state index in [1.54, 1.807) is 18.2 Å². The topological polar surface area (TPSA) is 46.5 Å². The van der Waals surface area contributed by atoms with Crippen molar-refractivity contribution >= 4 is 23.1 Å². The van der Waals surface area contributed by atoms with E-state index < -0.39 is 11.9 Å². The van der Waals surface area contributed by atoms with E-state index in [0.29, 0.717) is 29.2 Å². The lowest BCUT2D eigenvalue weighted by Crippen LogP contribution is -2.24. The summed E-state index contributed by atoms with van der Waals surface area (Å²) in [5.41, 5.74) is 4.14. The third kappa shape index (κ3) is 5.80. The second-order valence-corrected chi connectivity index (χ2v) is 7.84. The quantitative estimate of drug-likeness (QED) is 0.570. The van der Waals surface area contributed by atoms with E-state index in [1.807, 2.05) is 31.2 Å². The fraction of sp³-hybridized carbons (Fsp3) is 0.348. The van der Waals surface area contributed by atoms with Crippen molar-refractivity contribution in [2.45, 2.75) is 45.0 Å². The number of aryl methyl sites for hydroxylation is 2. The maximum atomic E-state index is 14.1. The normalized spacial score (nSPS) is 16.0. The van der Waals surface area contributed by atoms with Crippen molar-refractivity contribution < 1.29 is 23.4 Å². The molecule has 3 rings (SSSR count). The van der Waals surface area contributed by atoms with E-state index in [9.17, 15) is 13.6 Å². The van der Waals surface area contributed by atoms with Gasteiger partial charge in [-0.3, -0.25) is 4.79 Å². The molecule has 0 spiro atoms. The van der Waals surface area contributed by atoms with Crippen molar-refractivity contribution in [3.05, 3.63) is 69.8 Å². The van der Waals surface area contributed by atoms with Crippen LogP contribution in [0.4, 0.5) is 8.78 Å². The summed E-state index contributed by atoms with van der Waals surface area (Å²) in [6.07, 6.45) is 0.299. The summed E-state index contributed by atoms with van der Waals surface area (Å²) in [6, 6.07) is 12.7. The van der Waals surface area contributed by atoms with Gasteiger partial charge < -0.3 is 9.84 Å². The third-order valence-electron chi connectivity index (χ3n) is 5.10. The molecule has 1 aliphatic carbocycles. The number of rotatable bonds is 7. The zero-order valence-corrected chi connectivity index (χ0v) is 16.9. The van der Waals surface area contributed by atoms with Gasteiger partial charge in [0.2, 0.25) is 0 Å². The molecule has 0 radical (unpaired) electrons. The van der Waals surface area contributed by atoms with Crippen LogP contribution in [-0.2, 0) is 11.2 Å². The Morgan fingerprint density at radius 3 is 2.59 bits per heavy atom. The van der Waals surface area contributed by atoms with Gasteiger partial charge in [0.05, 0.1) is 0 Å². The Kier molecular flexibility index (Phi) is 6.58. The second-order valence-electron chi connectivity index (χ2n) is 7.40. The van der Waals surface area contributed by atoms with Gasteiger partial charge in [0.1, 0.15) is 12.4 Å². The maximum absolute atomic E-state index is 14.1. The number of benzene rings is 2. The van der Waals surface area contributed by atoms with E-state index in [0.717, 1.165) is 22.3 Å². The zero-order valence-electron chi connectivity index (χ0n) is 16.2. The summed E-state index contributed by atoms with van der Waals surface area (Å²) in [4.78, 5) is 10.7. The molecular weight excluding hydrogens is 398 g/mol. The molecule has 1 N–H and O–H groups in total. The maximum Gasteiger partial charge on any atom is 0.303 e. The second kappa shape index (κ2) is 8.95. The van der Waals surface area contributed by atoms with Crippen molar-refractivity contribution in [3.8, 4) is 5.75 Å². The van der Waals surface area contributed by atoms with Gasteiger partial charge in [-0.2, -0.15) is 0 Å². The predicted octanol–water partition coefficient (Wildman–Crippen LogP) is 6.32. The summed E-state index contributed by atoms with van der Waals surface area (Å²) >= 11 is 5.95. The smallest absolute Gasteiger partial charge is 0.303 e. The highest BCUT2D eigenvalue weighted by Gasteiger charge is 2.35. The monoisotopic (exact) mass is 420 g/mol. The van der Waals surface area contributed by atoms with Crippen LogP contribution in [0.5, 0.6) is 5.75 Å². The van der Waals surface area contributed by atoms with Gasteiger partial charge in [-0.05, 0) is 65.8 Å². The number of halogens is 3. The van der Waals surface area contributed by atoms with Crippen LogP contribution in [0.3, 0.4) is 0 Å². The minimum atomic E-state index is -2.73. The van der Waals surface area contributed by atoms with Crippen LogP contribution in [-0.4, -0.2) is 23.6 Å². The van der Waals surface area contributed by atoms with Crippen LogP contribution in [0.2, 0.25) is 5.02 Å². The Balaban J connectivity index is 1.78. The lowest BCUT2D eigenvalue weighted by atomic mass is 9.85. The number of hydrogen-bond donors (Lipinski definition) is 1. The van der Waals surface area contributed by atoms with Crippen molar-refractivity contribution in [3.63, 3.8) is 0 Å². The molecule has 0 aliphatic heterocycles. The minimum absolute atomic E-state index is 0.0616. The van der Waals surface area contributed by atoms with Gasteiger partial charge in [-0.15, -0.1) is 0 Å². The number of carboxylic acids is 1. The summed E-state index contributed by atoms with van der Waals surface area (Å²) in [5.74, 6) is -2.96. The van der Waals surface area contributed by atoms with Crippen molar-refractivity contribution in [2.24, 2.45) is 0 Å². The molecule has 6 heteroatoms. The molecule has 0 amide bonds. The summed E-state index contributed by atoms with van der Waals surface area (Å²) in [7, 11) is 0. The number of alkyl halides is 2. The third-order valence-corrected chi connectivity index (χ3v) is 5.35. The first-order chi connectivity index (χ1) is 13.7. The van der Waals surface area contributed by atoms with E-state index in [2.05, 4.69) is 0 Å². The summed E-state index contributed by atoms with van der Waals surface area (Å²) in [5, 5.41) is 9.41. The van der Waals surface area contributed by atoms with Gasteiger partial charge in [0.15, 0.2) is 0 Å². The van der Waals surface area contributed by atoms with E-state index in [1.165, 1.54) is 0 Å². The lowest BCUT2D eigenvalue weighted by molar-refractivity contribution is -0.136. The van der Waals surface area contributed by atoms with Crippen LogP contribution in [0.15, 0.2) is 48.0 Å². The predicted molar refractivity (Wildman–Crippen MR) is 110 cm³/mol. The number of ether oxygens (including phenoxy) is 1. The van der Waals surface area contributed by atoms with Crippen LogP contribution in [0, 0.1) is 6.92 Å². The molecule has 0 bridgehead atoms. The summed E-state index contributed by atoms with van der Waals surface area (Å²) < 4.78 is 34.0. The molecule has 0 fully saturated rings. The van der Waals surface area contributed by atoms with E-state index in [4.69, 9.17) is 21.4 Å². The molecule has 29 heavy (non-hydrogen) atoms. The Morgan fingerprint density at radius 1 is 1.21 bits per heavy atom. The van der Waals surface area contributed by atoms with Crippen LogP contribution in [0.1, 0.15) is 42.4 Å². The molecule has 2 aromatic carbocycles. The number of allylic oxidation sites excluding steroid dienone is 1. The highest BCUT2D eigenvalue weighted by Crippen LogP contribution is 2.41. The fourth-order valence-corrected chi connectivity index (χ4v) is 3.70. The molecule has 0 atom stereocenters. The van der Waals surface area contributed by atoms with Crippen LogP contribution in [0.25, 0.3) is 5.57 Å². The van der Waals surface area contributed by atoms with Gasteiger partial charge >= 0.3 is 5.97 Å². The molecule has 1 aliphatic rings. The molecule has 154 valence electrons. The van der Waals surface area contributed by atoms with Crippen molar-refractivity contribution in [1.82, 2.24) is 0 Å². The number of aliphatic carboxylic acids is 1. The van der Waals surface area contributed by atoms with Gasteiger partial charge in [-0.25, -0.2) is 8.78 Å². The molecule has 3 nitrogen and oxygen atoms in total. The Labute approximate surface area is 174 Å². The molecule has 0 aromatic heterocycles. The minimum Gasteiger partial charge on any atom is -0.489 e. The van der Waals surface area contributed by atoms with Gasteiger partial charge in [0, 0.05) is 24.3 Å². The van der Waals surface area contributed by atoms with Crippen LogP contribution >= 0.6 is 11.6 Å². The number of carboxylic acid groups (broad SMARTS) is 1. The molecule has 0 unspecified atom stereocenters. The largest absolute Gasteiger partial charge is 0.489 e. The van der Waals surface area contributed by atoms with E-state index >= 15 is 0 Å². The Bertz CT molecular complexity index is 920. The van der Waals surface area contributed by atoms with Crippen molar-refractivity contribution in [1.29, 1.82) is 0 Å². The van der Waals surface area contributed by atoms with Crippen molar-refractivity contribution in [2.75, 3.05) is 6.61 Å². The highest BCUT2D eigenvalue weighted by atomic mass is 35.5. The fourth-order valence-electron chi connectivity index (χ4n) is 3.57. The standard InChI is InChI=1S/C23H23ClF2O3/c1-15-12-16(3-9-22(27)28)2-8-21(15)29-14-18-13-23(25,26)11-10-20(18)17-4-6-19(24)7-5-17/h2,4-8,12H,3,9-11,13-14H2,1H3,(H,27,28). The van der Waals surface area contributed by atoms with Crippen LogP contribution < -0.4 is 4.74 Å². The van der Waals surface area contributed by atoms with Gasteiger partial charge in [0.25, 0.3) is 5.92 Å². The number of carbonyl (C=O) groups is 1. The molecular formula is C23H23ClF2O3. The van der Waals surface area contributed by atoms with Gasteiger partial charge in [-0.1, -0.05) is 35.9 Å². The first-order valence-electron chi connectivity index (χ1n) is 9.52.